The van der Waals surface area contributed by atoms with Gasteiger partial charge in [-0.05, 0) is 114 Å². The van der Waals surface area contributed by atoms with E-state index in [0.717, 1.165) is 38.5 Å². The molecule has 0 spiro atoms. The highest BCUT2D eigenvalue weighted by Gasteiger charge is 2.48. The Labute approximate surface area is 458 Å². The number of rotatable bonds is 16. The second kappa shape index (κ2) is 25.4. The number of hydrogen-bond acceptors (Lipinski definition) is 10. The third-order valence-corrected chi connectivity index (χ3v) is 17.9. The lowest BCUT2D eigenvalue weighted by atomic mass is 9.94. The van der Waals surface area contributed by atoms with Crippen LogP contribution in [0.2, 0.25) is 0 Å². The van der Waals surface area contributed by atoms with E-state index in [1.54, 1.807) is 47.5 Å². The summed E-state index contributed by atoms with van der Waals surface area (Å²) in [6.07, 6.45) is 8.83. The summed E-state index contributed by atoms with van der Waals surface area (Å²) in [6, 6.07) is 22.3. The summed E-state index contributed by atoms with van der Waals surface area (Å²) in [4.78, 5) is 119. The van der Waals surface area contributed by atoms with Crippen LogP contribution in [0, 0.1) is 0 Å². The summed E-state index contributed by atoms with van der Waals surface area (Å²) in [5.41, 5.74) is 3.79. The molecule has 3 aromatic rings. The Kier molecular flexibility index (Phi) is 18.3. The second-order valence-electron chi connectivity index (χ2n) is 22.7. The van der Waals surface area contributed by atoms with E-state index in [4.69, 9.17) is 0 Å². The fourth-order valence-corrected chi connectivity index (χ4v) is 13.2. The van der Waals surface area contributed by atoms with Gasteiger partial charge in [0.15, 0.2) is 0 Å². The fourth-order valence-electron chi connectivity index (χ4n) is 13.2. The van der Waals surface area contributed by atoms with Gasteiger partial charge in [-0.3, -0.25) is 38.4 Å². The van der Waals surface area contributed by atoms with E-state index in [2.05, 4.69) is 56.2 Å². The van der Waals surface area contributed by atoms with Crippen LogP contribution in [0.1, 0.15) is 125 Å². The fraction of sp³-hybridized carbons (Fsp3) is 0.567. The first-order chi connectivity index (χ1) is 37.7. The molecular formula is C60H80N10O8. The Morgan fingerprint density at radius 3 is 1.24 bits per heavy atom. The van der Waals surface area contributed by atoms with Gasteiger partial charge in [0, 0.05) is 62.2 Å². The van der Waals surface area contributed by atoms with E-state index in [1.807, 2.05) is 60.7 Å². The van der Waals surface area contributed by atoms with Gasteiger partial charge in [-0.25, -0.2) is 0 Å². The topological polar surface area (TPSA) is 222 Å². The molecule has 0 aromatic heterocycles. The van der Waals surface area contributed by atoms with Crippen molar-refractivity contribution in [2.24, 2.45) is 0 Å². The molecule has 4 aliphatic heterocycles. The van der Waals surface area contributed by atoms with Crippen molar-refractivity contribution in [2.75, 3.05) is 40.3 Å². The molecule has 2 aliphatic carbocycles. The molecule has 6 N–H and O–H groups in total. The summed E-state index contributed by atoms with van der Waals surface area (Å²) in [6.45, 7) is 3.93. The molecule has 3 aromatic carbocycles. The normalized spacial score (nSPS) is 28.1. The third-order valence-electron chi connectivity index (χ3n) is 17.9. The summed E-state index contributed by atoms with van der Waals surface area (Å²) in [5, 5.41) is 18.3. The first-order valence-corrected chi connectivity index (χ1v) is 28.6. The lowest BCUT2D eigenvalue weighted by molar-refractivity contribution is -0.147. The lowest BCUT2D eigenvalue weighted by Gasteiger charge is -2.39. The number of fused-ring (bicyclic) bond motifs is 2. The number of amides is 8. The van der Waals surface area contributed by atoms with Gasteiger partial charge in [0.1, 0.15) is 24.2 Å². The molecule has 8 amide bonds. The van der Waals surface area contributed by atoms with Crippen LogP contribution < -0.4 is 31.9 Å². The number of carbonyl (C=O) groups is 8. The second-order valence-corrected chi connectivity index (χ2v) is 22.7. The predicted molar refractivity (Wildman–Crippen MR) is 294 cm³/mol. The number of nitrogens with zero attached hydrogens (tertiary/aromatic N) is 4. The van der Waals surface area contributed by atoms with Gasteiger partial charge in [0.2, 0.25) is 47.3 Å². The predicted octanol–water partition coefficient (Wildman–Crippen LogP) is 3.05. The Morgan fingerprint density at radius 1 is 0.487 bits per heavy atom. The van der Waals surface area contributed by atoms with E-state index >= 15 is 0 Å². The highest BCUT2D eigenvalue weighted by atomic mass is 16.2. The number of carbonyl (C=O) groups excluding carboxylic acids is 8. The van der Waals surface area contributed by atoms with Gasteiger partial charge in [-0.2, -0.15) is 0 Å². The summed E-state index contributed by atoms with van der Waals surface area (Å²) < 4.78 is 0. The Balaban J connectivity index is 0.832. The van der Waals surface area contributed by atoms with Crippen molar-refractivity contribution in [1.29, 1.82) is 0 Å². The molecule has 4 saturated heterocycles. The molecule has 0 radical (unpaired) electrons. The average Bonchev–Trinajstić information content (AvgIpc) is 4.42. The summed E-state index contributed by atoms with van der Waals surface area (Å²) in [5.74, 6) is -1.93. The maximum Gasteiger partial charge on any atom is 0.247 e. The van der Waals surface area contributed by atoms with E-state index in [1.165, 1.54) is 11.1 Å². The largest absolute Gasteiger partial charge is 0.351 e. The van der Waals surface area contributed by atoms with Gasteiger partial charge in [-0.1, -0.05) is 97.8 Å². The number of nitrogens with one attached hydrogen (secondary N) is 6. The zero-order valence-corrected chi connectivity index (χ0v) is 45.8. The summed E-state index contributed by atoms with van der Waals surface area (Å²) >= 11 is 0. The molecule has 18 heteroatoms. The van der Waals surface area contributed by atoms with Crippen LogP contribution in [0.5, 0.6) is 0 Å². The molecule has 78 heavy (non-hydrogen) atoms. The van der Waals surface area contributed by atoms with Gasteiger partial charge < -0.3 is 51.5 Å². The zero-order valence-electron chi connectivity index (χ0n) is 45.8. The first kappa shape index (κ1) is 56.1. The van der Waals surface area contributed by atoms with Crippen LogP contribution in [0.25, 0.3) is 0 Å². The van der Waals surface area contributed by atoms with Crippen LogP contribution >= 0.6 is 0 Å². The average molecular weight is 1070 g/mol. The maximum absolute atomic E-state index is 14.7. The van der Waals surface area contributed by atoms with Gasteiger partial charge in [-0.15, -0.1) is 0 Å². The minimum absolute atomic E-state index is 0.0191. The van der Waals surface area contributed by atoms with E-state index in [0.29, 0.717) is 62.7 Å². The van der Waals surface area contributed by atoms with Gasteiger partial charge in [0.05, 0.1) is 24.9 Å². The molecule has 4 heterocycles. The van der Waals surface area contributed by atoms with Crippen molar-refractivity contribution in [1.82, 2.24) is 51.5 Å². The van der Waals surface area contributed by atoms with Crippen molar-refractivity contribution in [2.45, 2.75) is 176 Å². The number of benzene rings is 3. The zero-order chi connectivity index (χ0) is 55.0. The van der Waals surface area contributed by atoms with Gasteiger partial charge >= 0.3 is 0 Å². The molecule has 418 valence electrons. The third kappa shape index (κ3) is 12.8. The molecule has 6 aliphatic rings. The first-order valence-electron chi connectivity index (χ1n) is 28.6. The molecular weight excluding hydrogens is 989 g/mol. The SMILES string of the molecule is CN[C@@H](C)C(=O)N[C@H]1CN(C(=O)Cc2ccc(CC(=O)N3CC[C@H]4CC[C@@H](C(=O)N[C@H]5CCC[C@H]5c5ccccc5)N4C(=O)[C@@H](NC(=O)[C@H](C)NC)C3)cc2)CC[C@H]2CC[C@@H](C(=O)N[C@H]3CCC[C@H]3c3ccccc3)N2C1=O. The highest BCUT2D eigenvalue weighted by molar-refractivity contribution is 5.96. The van der Waals surface area contributed by atoms with Crippen LogP contribution in [0.4, 0.5) is 0 Å². The molecule has 2 saturated carbocycles. The smallest absolute Gasteiger partial charge is 0.247 e. The van der Waals surface area contributed by atoms with E-state index < -0.39 is 36.3 Å². The van der Waals surface area contributed by atoms with E-state index in [9.17, 15) is 38.4 Å². The minimum Gasteiger partial charge on any atom is -0.351 e. The van der Waals surface area contributed by atoms with Crippen LogP contribution in [-0.4, -0.2) is 168 Å². The molecule has 12 atom stereocenters. The minimum atomic E-state index is -1.07. The van der Waals surface area contributed by atoms with Crippen molar-refractivity contribution >= 4 is 47.3 Å². The van der Waals surface area contributed by atoms with Crippen LogP contribution in [0.3, 0.4) is 0 Å². The highest BCUT2D eigenvalue weighted by Crippen LogP contribution is 2.38. The van der Waals surface area contributed by atoms with Crippen LogP contribution in [-0.2, 0) is 51.2 Å². The van der Waals surface area contributed by atoms with Crippen molar-refractivity contribution in [3.8, 4) is 0 Å². The standard InChI is InChI=1S/C60H80N10O8/c1-37(61-3)55(73)65-49-35-67(31-29-43-25-27-51(69(43)59(49)77)57(75)63-47-19-11-17-45(47)41-13-7-5-8-14-41)53(71)33-39-21-23-40(24-22-39)34-54(72)68-32-30-44-26-28-52(70(44)60(78)50(36-68)66-56(74)38(2)62-4)58(76)64-48-20-12-18-46(48)42-15-9-6-10-16-42/h5-10,13-16,21-24,37-38,43-52,61-62H,11-12,17-20,25-36H2,1-4H3,(H,63,75)(H,64,76)(H,65,73)(H,66,74)/t37-,38-,43+,44+,45-,46-,47-,48-,49-,50-,51-,52-/m0/s1. The van der Waals surface area contributed by atoms with Crippen LogP contribution in [0.15, 0.2) is 84.9 Å². The quantitative estimate of drug-likeness (QED) is 0.123. The Morgan fingerprint density at radius 2 is 0.872 bits per heavy atom. The Hall–Kier alpha value is -6.66. The maximum atomic E-state index is 14.7. The number of hydrogen-bond donors (Lipinski definition) is 6. The van der Waals surface area contributed by atoms with Crippen molar-refractivity contribution < 1.29 is 38.4 Å². The van der Waals surface area contributed by atoms with Gasteiger partial charge in [0.25, 0.3) is 0 Å². The monoisotopic (exact) mass is 1070 g/mol. The van der Waals surface area contributed by atoms with Crippen molar-refractivity contribution in [3.05, 3.63) is 107 Å². The molecule has 6 fully saturated rings. The molecule has 9 rings (SSSR count). The number of likely N-dealkylation sites (N-methyl/N-ethyl adjacent to an activating group) is 2. The lowest BCUT2D eigenvalue weighted by Crippen LogP contribution is -2.62. The Bertz CT molecular complexity index is 2460. The molecule has 0 unspecified atom stereocenters. The molecule has 0 bridgehead atoms. The summed E-state index contributed by atoms with van der Waals surface area (Å²) in [7, 11) is 3.31. The van der Waals surface area contributed by atoms with E-state index in [-0.39, 0.29) is 109 Å². The van der Waals surface area contributed by atoms with Crippen molar-refractivity contribution in [3.63, 3.8) is 0 Å². The molecule has 18 nitrogen and oxygen atoms in total.